The zero-order valence-electron chi connectivity index (χ0n) is 12.3. The summed E-state index contributed by atoms with van der Waals surface area (Å²) in [6.45, 7) is 0.449. The number of nitrogens with zero attached hydrogens (tertiary/aromatic N) is 1. The lowest BCUT2D eigenvalue weighted by atomic mass is 9.83. The average Bonchev–Trinajstić information content (AvgIpc) is 3.05. The molecule has 2 aromatic rings. The maximum atomic E-state index is 12.7. The van der Waals surface area contributed by atoms with Crippen molar-refractivity contribution in [1.82, 2.24) is 4.98 Å². The van der Waals surface area contributed by atoms with Gasteiger partial charge in [0.1, 0.15) is 11.7 Å². The second-order valence-electron chi connectivity index (χ2n) is 5.57. The monoisotopic (exact) mass is 323 g/mol. The fourth-order valence-electron chi connectivity index (χ4n) is 2.98. The summed E-state index contributed by atoms with van der Waals surface area (Å²) in [6.07, 6.45) is -2.61. The number of benzene rings is 1. The molecule has 3 nitrogen and oxygen atoms in total. The third-order valence-corrected chi connectivity index (χ3v) is 4.16. The van der Waals surface area contributed by atoms with Crippen LogP contribution in [0.4, 0.5) is 13.2 Å². The molecule has 1 fully saturated rings. The Morgan fingerprint density at radius 1 is 1.13 bits per heavy atom. The van der Waals surface area contributed by atoms with Crippen molar-refractivity contribution in [3.63, 3.8) is 0 Å². The van der Waals surface area contributed by atoms with Gasteiger partial charge in [0.2, 0.25) is 0 Å². The third kappa shape index (κ3) is 2.96. The van der Waals surface area contributed by atoms with Gasteiger partial charge in [0.05, 0.1) is 11.3 Å². The van der Waals surface area contributed by atoms with E-state index in [9.17, 15) is 18.3 Å². The molecule has 1 aliphatic rings. The summed E-state index contributed by atoms with van der Waals surface area (Å²) < 4.78 is 44.0. The van der Waals surface area contributed by atoms with E-state index in [0.29, 0.717) is 24.3 Å². The second kappa shape index (κ2) is 5.94. The van der Waals surface area contributed by atoms with Gasteiger partial charge in [-0.25, -0.2) is 0 Å². The van der Waals surface area contributed by atoms with Gasteiger partial charge in [0.25, 0.3) is 0 Å². The first-order chi connectivity index (χ1) is 10.9. The van der Waals surface area contributed by atoms with Gasteiger partial charge in [-0.2, -0.15) is 13.2 Å². The van der Waals surface area contributed by atoms with Gasteiger partial charge in [-0.1, -0.05) is 18.2 Å². The van der Waals surface area contributed by atoms with E-state index in [0.717, 1.165) is 18.6 Å². The van der Waals surface area contributed by atoms with Crippen LogP contribution < -0.4 is 0 Å². The molecule has 0 radical (unpaired) electrons. The molecule has 2 atom stereocenters. The highest BCUT2D eigenvalue weighted by atomic mass is 19.4. The van der Waals surface area contributed by atoms with Crippen molar-refractivity contribution in [2.24, 2.45) is 0 Å². The SMILES string of the molecule is OC(c1ccccn1)C1(c2ccc(C(F)(F)F)cc2)CCCO1. The molecule has 23 heavy (non-hydrogen) atoms. The van der Waals surface area contributed by atoms with Crippen molar-refractivity contribution in [2.45, 2.75) is 30.7 Å². The van der Waals surface area contributed by atoms with Crippen LogP contribution in [0.1, 0.15) is 35.8 Å². The van der Waals surface area contributed by atoms with E-state index < -0.39 is 23.4 Å². The predicted molar refractivity (Wildman–Crippen MR) is 77.5 cm³/mol. The van der Waals surface area contributed by atoms with Gasteiger partial charge in [-0.05, 0) is 42.7 Å². The number of aliphatic hydroxyl groups is 1. The van der Waals surface area contributed by atoms with Crippen molar-refractivity contribution in [3.8, 4) is 0 Å². The Hall–Kier alpha value is -1.92. The second-order valence-corrected chi connectivity index (χ2v) is 5.57. The van der Waals surface area contributed by atoms with Crippen LogP contribution in [0, 0.1) is 0 Å². The van der Waals surface area contributed by atoms with E-state index in [4.69, 9.17) is 4.74 Å². The molecule has 0 aliphatic carbocycles. The van der Waals surface area contributed by atoms with Crippen LogP contribution in [0.25, 0.3) is 0 Å². The number of hydrogen-bond acceptors (Lipinski definition) is 3. The number of aromatic nitrogens is 1. The number of hydrogen-bond donors (Lipinski definition) is 1. The van der Waals surface area contributed by atoms with E-state index in [1.165, 1.54) is 12.1 Å². The van der Waals surface area contributed by atoms with E-state index in [1.54, 1.807) is 24.4 Å². The lowest BCUT2D eigenvalue weighted by molar-refractivity contribution is -0.137. The van der Waals surface area contributed by atoms with Crippen LogP contribution in [0.15, 0.2) is 48.7 Å². The molecule has 1 aromatic carbocycles. The molecule has 1 aromatic heterocycles. The van der Waals surface area contributed by atoms with Gasteiger partial charge in [0.15, 0.2) is 0 Å². The topological polar surface area (TPSA) is 42.4 Å². The summed E-state index contributed by atoms with van der Waals surface area (Å²) in [5.74, 6) is 0. The Bertz CT molecular complexity index is 650. The predicted octanol–water partition coefficient (Wildman–Crippen LogP) is 3.84. The molecule has 0 bridgehead atoms. The van der Waals surface area contributed by atoms with Gasteiger partial charge < -0.3 is 9.84 Å². The first-order valence-electron chi connectivity index (χ1n) is 7.34. The Labute approximate surface area is 131 Å². The highest BCUT2D eigenvalue weighted by molar-refractivity contribution is 5.32. The van der Waals surface area contributed by atoms with E-state index >= 15 is 0 Å². The van der Waals surface area contributed by atoms with Crippen LogP contribution in [-0.2, 0) is 16.5 Å². The third-order valence-electron chi connectivity index (χ3n) is 4.16. The minimum Gasteiger partial charge on any atom is -0.383 e. The normalized spacial score (nSPS) is 23.0. The maximum Gasteiger partial charge on any atom is 0.416 e. The summed E-state index contributed by atoms with van der Waals surface area (Å²) in [4.78, 5) is 4.14. The van der Waals surface area contributed by atoms with Crippen molar-refractivity contribution in [3.05, 3.63) is 65.5 Å². The van der Waals surface area contributed by atoms with Crippen molar-refractivity contribution < 1.29 is 23.0 Å². The number of alkyl halides is 3. The summed E-state index contributed by atoms with van der Waals surface area (Å²) in [6, 6.07) is 9.95. The van der Waals surface area contributed by atoms with Crippen LogP contribution in [-0.4, -0.2) is 16.7 Å². The Morgan fingerprint density at radius 3 is 2.39 bits per heavy atom. The molecule has 1 saturated heterocycles. The highest BCUT2D eigenvalue weighted by Crippen LogP contribution is 2.46. The first kappa shape index (κ1) is 16.0. The molecule has 1 aliphatic heterocycles. The lowest BCUT2D eigenvalue weighted by Crippen LogP contribution is -2.33. The molecule has 2 heterocycles. The average molecular weight is 323 g/mol. The number of pyridine rings is 1. The fraction of sp³-hybridized carbons (Fsp3) is 0.353. The summed E-state index contributed by atoms with van der Waals surface area (Å²) >= 11 is 0. The van der Waals surface area contributed by atoms with Gasteiger partial charge >= 0.3 is 6.18 Å². The quantitative estimate of drug-likeness (QED) is 0.933. The molecule has 6 heteroatoms. The summed E-state index contributed by atoms with van der Waals surface area (Å²) in [5.41, 5.74) is -0.810. The number of rotatable bonds is 3. The minimum absolute atomic E-state index is 0.439. The van der Waals surface area contributed by atoms with Crippen molar-refractivity contribution in [2.75, 3.05) is 6.61 Å². The largest absolute Gasteiger partial charge is 0.416 e. The van der Waals surface area contributed by atoms with Crippen molar-refractivity contribution >= 4 is 0 Å². The van der Waals surface area contributed by atoms with Gasteiger partial charge in [-0.3, -0.25) is 4.98 Å². The standard InChI is InChI=1S/C17H16F3NO2/c18-17(19,20)13-7-5-12(6-8-13)16(9-3-11-23-16)15(22)14-4-1-2-10-21-14/h1-2,4-8,10,15,22H,3,9,11H2. The van der Waals surface area contributed by atoms with Crippen LogP contribution in [0.2, 0.25) is 0 Å². The molecule has 0 saturated carbocycles. The van der Waals surface area contributed by atoms with Crippen LogP contribution in [0.5, 0.6) is 0 Å². The van der Waals surface area contributed by atoms with Crippen LogP contribution in [0.3, 0.4) is 0 Å². The molecule has 0 amide bonds. The Balaban J connectivity index is 1.98. The molecular formula is C17H16F3NO2. The molecule has 1 N–H and O–H groups in total. The van der Waals surface area contributed by atoms with E-state index in [1.807, 2.05) is 0 Å². The smallest absolute Gasteiger partial charge is 0.383 e. The number of ether oxygens (including phenoxy) is 1. The zero-order chi connectivity index (χ0) is 16.5. The van der Waals surface area contributed by atoms with E-state index in [-0.39, 0.29) is 0 Å². The summed E-state index contributed by atoms with van der Waals surface area (Å²) in [5, 5.41) is 10.7. The lowest BCUT2D eigenvalue weighted by Gasteiger charge is -2.33. The van der Waals surface area contributed by atoms with Crippen molar-refractivity contribution in [1.29, 1.82) is 0 Å². The van der Waals surface area contributed by atoms with E-state index in [2.05, 4.69) is 4.98 Å². The van der Waals surface area contributed by atoms with Gasteiger partial charge in [0, 0.05) is 12.8 Å². The molecule has 0 spiro atoms. The Kier molecular flexibility index (Phi) is 4.12. The van der Waals surface area contributed by atoms with Crippen LogP contribution >= 0.6 is 0 Å². The maximum absolute atomic E-state index is 12.7. The molecular weight excluding hydrogens is 307 g/mol. The first-order valence-corrected chi connectivity index (χ1v) is 7.34. The molecule has 3 rings (SSSR count). The molecule has 122 valence electrons. The summed E-state index contributed by atoms with van der Waals surface area (Å²) in [7, 11) is 0. The highest BCUT2D eigenvalue weighted by Gasteiger charge is 2.45. The zero-order valence-corrected chi connectivity index (χ0v) is 12.3. The minimum atomic E-state index is -4.39. The molecule has 2 unspecified atom stereocenters. The fourth-order valence-corrected chi connectivity index (χ4v) is 2.98. The Morgan fingerprint density at radius 2 is 1.87 bits per heavy atom. The van der Waals surface area contributed by atoms with Gasteiger partial charge in [-0.15, -0.1) is 0 Å². The number of halogens is 3. The number of aliphatic hydroxyl groups excluding tert-OH is 1.